The summed E-state index contributed by atoms with van der Waals surface area (Å²) in [5.74, 6) is 0.597. The van der Waals surface area contributed by atoms with Gasteiger partial charge in [-0.3, -0.25) is 0 Å². The summed E-state index contributed by atoms with van der Waals surface area (Å²) in [5.41, 5.74) is 0. The molecular weight excluding hydrogens is 186 g/mol. The predicted molar refractivity (Wildman–Crippen MR) is 58.6 cm³/mol. The van der Waals surface area contributed by atoms with Crippen LogP contribution < -0.4 is 0 Å². The van der Waals surface area contributed by atoms with Gasteiger partial charge in [-0.25, -0.2) is 0 Å². The predicted octanol–water partition coefficient (Wildman–Crippen LogP) is 2.36. The number of hydrogen-bond acceptors (Lipinski definition) is 2. The highest BCUT2D eigenvalue weighted by atomic mass is 35.5. The summed E-state index contributed by atoms with van der Waals surface area (Å²) in [6, 6.07) is 0. The Morgan fingerprint density at radius 2 is 1.92 bits per heavy atom. The molecule has 0 aliphatic rings. The van der Waals surface area contributed by atoms with E-state index in [4.69, 9.17) is 16.3 Å². The Morgan fingerprint density at radius 3 is 2.54 bits per heavy atom. The molecule has 0 saturated heterocycles. The molecule has 0 radical (unpaired) electrons. The van der Waals surface area contributed by atoms with Crippen LogP contribution in [0.15, 0.2) is 0 Å². The van der Waals surface area contributed by atoms with Gasteiger partial charge in [-0.15, -0.1) is 11.6 Å². The third-order valence-corrected chi connectivity index (χ3v) is 2.14. The minimum Gasteiger partial charge on any atom is -0.379 e. The normalized spacial score (nSPS) is 11.1. The molecule has 0 N–H and O–H groups in total. The first-order valence-electron chi connectivity index (χ1n) is 5.13. The van der Waals surface area contributed by atoms with Crippen molar-refractivity contribution in [1.29, 1.82) is 0 Å². The third kappa shape index (κ3) is 10.1. The average molecular weight is 208 g/mol. The number of rotatable bonds is 9. The van der Waals surface area contributed by atoms with Crippen molar-refractivity contribution in [3.63, 3.8) is 0 Å². The van der Waals surface area contributed by atoms with Crippen LogP contribution in [-0.4, -0.2) is 44.1 Å². The maximum atomic E-state index is 5.48. The number of unbranched alkanes of at least 4 members (excludes halogenated alkanes) is 2. The van der Waals surface area contributed by atoms with E-state index in [-0.39, 0.29) is 0 Å². The molecule has 0 rings (SSSR count). The molecule has 2 nitrogen and oxygen atoms in total. The Morgan fingerprint density at radius 1 is 1.15 bits per heavy atom. The van der Waals surface area contributed by atoms with Crippen LogP contribution in [-0.2, 0) is 4.74 Å². The fourth-order valence-corrected chi connectivity index (χ4v) is 1.23. The molecule has 0 amide bonds. The molecule has 13 heavy (non-hydrogen) atoms. The molecule has 0 fully saturated rings. The highest BCUT2D eigenvalue weighted by molar-refractivity contribution is 6.17. The first kappa shape index (κ1) is 13.2. The first-order valence-corrected chi connectivity index (χ1v) is 5.67. The topological polar surface area (TPSA) is 12.5 Å². The third-order valence-electron chi connectivity index (χ3n) is 1.98. The van der Waals surface area contributed by atoms with Gasteiger partial charge in [0.1, 0.15) is 0 Å². The van der Waals surface area contributed by atoms with E-state index in [1.807, 2.05) is 0 Å². The summed E-state index contributed by atoms with van der Waals surface area (Å²) in [6.07, 6.45) is 3.91. The van der Waals surface area contributed by atoms with Gasteiger partial charge in [-0.1, -0.05) is 19.8 Å². The van der Waals surface area contributed by atoms with E-state index < -0.39 is 0 Å². The van der Waals surface area contributed by atoms with E-state index >= 15 is 0 Å². The van der Waals surface area contributed by atoms with Gasteiger partial charge >= 0.3 is 0 Å². The van der Waals surface area contributed by atoms with E-state index in [1.165, 1.54) is 25.8 Å². The maximum absolute atomic E-state index is 5.48. The molecule has 0 aromatic rings. The van der Waals surface area contributed by atoms with Gasteiger partial charge in [0.05, 0.1) is 13.2 Å². The first-order chi connectivity index (χ1) is 6.31. The minimum absolute atomic E-state index is 0.597. The van der Waals surface area contributed by atoms with Crippen LogP contribution in [0.25, 0.3) is 0 Å². The van der Waals surface area contributed by atoms with Crippen molar-refractivity contribution >= 4 is 11.6 Å². The van der Waals surface area contributed by atoms with Gasteiger partial charge in [0.15, 0.2) is 0 Å². The van der Waals surface area contributed by atoms with Crippen LogP contribution in [0.4, 0.5) is 0 Å². The summed E-state index contributed by atoms with van der Waals surface area (Å²) in [7, 11) is 2.14. The van der Waals surface area contributed by atoms with Crippen molar-refractivity contribution in [2.75, 3.05) is 39.2 Å². The van der Waals surface area contributed by atoms with Crippen molar-refractivity contribution in [1.82, 2.24) is 4.90 Å². The molecule has 0 saturated carbocycles. The fraction of sp³-hybridized carbons (Fsp3) is 1.00. The van der Waals surface area contributed by atoms with Gasteiger partial charge in [0.2, 0.25) is 0 Å². The van der Waals surface area contributed by atoms with Gasteiger partial charge in [-0.2, -0.15) is 0 Å². The Bertz CT molecular complexity index is 101. The highest BCUT2D eigenvalue weighted by Gasteiger charge is 1.96. The molecule has 0 spiro atoms. The average Bonchev–Trinajstić information content (AvgIpc) is 2.13. The van der Waals surface area contributed by atoms with E-state index in [2.05, 4.69) is 18.9 Å². The summed E-state index contributed by atoms with van der Waals surface area (Å²) in [4.78, 5) is 2.31. The second-order valence-corrected chi connectivity index (χ2v) is 3.69. The number of likely N-dealkylation sites (N-methyl/N-ethyl adjacent to an activating group) is 1. The van der Waals surface area contributed by atoms with E-state index in [0.29, 0.717) is 12.5 Å². The quantitative estimate of drug-likeness (QED) is 0.425. The van der Waals surface area contributed by atoms with Crippen LogP contribution in [0, 0.1) is 0 Å². The number of alkyl halides is 1. The second kappa shape index (κ2) is 10.3. The highest BCUT2D eigenvalue weighted by Crippen LogP contribution is 1.95. The summed E-state index contributed by atoms with van der Waals surface area (Å²) in [6.45, 7) is 5.89. The minimum atomic E-state index is 0.597. The van der Waals surface area contributed by atoms with Crippen molar-refractivity contribution in [2.24, 2.45) is 0 Å². The smallest absolute Gasteiger partial charge is 0.0602 e. The zero-order valence-corrected chi connectivity index (χ0v) is 9.65. The van der Waals surface area contributed by atoms with Gasteiger partial charge in [0.25, 0.3) is 0 Å². The lowest BCUT2D eigenvalue weighted by Gasteiger charge is -2.15. The van der Waals surface area contributed by atoms with Crippen LogP contribution in [0.5, 0.6) is 0 Å². The molecule has 0 atom stereocenters. The van der Waals surface area contributed by atoms with Crippen LogP contribution in [0.1, 0.15) is 26.2 Å². The SMILES string of the molecule is CCCCCN(C)CCOCCCl. The molecule has 3 heteroatoms. The van der Waals surface area contributed by atoms with Crippen LogP contribution >= 0.6 is 11.6 Å². The van der Waals surface area contributed by atoms with E-state index in [9.17, 15) is 0 Å². The Hall–Kier alpha value is 0.210. The largest absolute Gasteiger partial charge is 0.379 e. The fourth-order valence-electron chi connectivity index (χ4n) is 1.12. The summed E-state index contributed by atoms with van der Waals surface area (Å²) >= 11 is 5.48. The molecular formula is C10H22ClNO. The molecule has 0 unspecified atom stereocenters. The Kier molecular flexibility index (Phi) is 10.5. The van der Waals surface area contributed by atoms with Crippen molar-refractivity contribution in [3.05, 3.63) is 0 Å². The Balaban J connectivity index is 3.05. The lowest BCUT2D eigenvalue weighted by atomic mass is 10.2. The summed E-state index contributed by atoms with van der Waals surface area (Å²) < 4.78 is 5.29. The number of ether oxygens (including phenoxy) is 1. The second-order valence-electron chi connectivity index (χ2n) is 3.31. The van der Waals surface area contributed by atoms with Gasteiger partial charge < -0.3 is 9.64 Å². The Labute approximate surface area is 87.2 Å². The monoisotopic (exact) mass is 207 g/mol. The van der Waals surface area contributed by atoms with E-state index in [0.717, 1.165) is 13.2 Å². The lowest BCUT2D eigenvalue weighted by Crippen LogP contribution is -2.24. The van der Waals surface area contributed by atoms with Gasteiger partial charge in [-0.05, 0) is 20.0 Å². The van der Waals surface area contributed by atoms with Crippen molar-refractivity contribution in [3.8, 4) is 0 Å². The molecule has 0 aromatic heterocycles. The van der Waals surface area contributed by atoms with Gasteiger partial charge in [0, 0.05) is 12.4 Å². The van der Waals surface area contributed by atoms with Crippen LogP contribution in [0.2, 0.25) is 0 Å². The lowest BCUT2D eigenvalue weighted by molar-refractivity contribution is 0.123. The molecule has 0 aliphatic heterocycles. The summed E-state index contributed by atoms with van der Waals surface area (Å²) in [5, 5.41) is 0. The standard InChI is InChI=1S/C10H22ClNO/c1-3-4-5-7-12(2)8-10-13-9-6-11/h3-10H2,1-2H3. The molecule has 80 valence electrons. The molecule has 0 aliphatic carbocycles. The zero-order valence-electron chi connectivity index (χ0n) is 8.89. The zero-order chi connectivity index (χ0) is 9.94. The van der Waals surface area contributed by atoms with Crippen molar-refractivity contribution in [2.45, 2.75) is 26.2 Å². The maximum Gasteiger partial charge on any atom is 0.0602 e. The number of nitrogens with zero attached hydrogens (tertiary/aromatic N) is 1. The number of hydrogen-bond donors (Lipinski definition) is 0. The van der Waals surface area contributed by atoms with Crippen LogP contribution in [0.3, 0.4) is 0 Å². The molecule has 0 bridgehead atoms. The number of halogens is 1. The molecule has 0 heterocycles. The van der Waals surface area contributed by atoms with Crippen molar-refractivity contribution < 1.29 is 4.74 Å². The molecule has 0 aromatic carbocycles. The van der Waals surface area contributed by atoms with E-state index in [1.54, 1.807) is 0 Å².